The molecule has 2 bridgehead atoms. The lowest BCUT2D eigenvalue weighted by Crippen LogP contribution is -2.72. The molecular formula is C27H26ClN3O3S. The predicted octanol–water partition coefficient (Wildman–Crippen LogP) is 5.71. The Morgan fingerprint density at radius 3 is 2.54 bits per heavy atom. The highest BCUT2D eigenvalue weighted by atomic mass is 35.5. The van der Waals surface area contributed by atoms with Gasteiger partial charge in [0.15, 0.2) is 22.3 Å². The minimum absolute atomic E-state index is 0.196. The van der Waals surface area contributed by atoms with Crippen LogP contribution in [0.3, 0.4) is 0 Å². The molecule has 8 heteroatoms. The minimum atomic E-state index is -1.13. The molecule has 35 heavy (non-hydrogen) atoms. The molecule has 6 nitrogen and oxygen atoms in total. The van der Waals surface area contributed by atoms with Gasteiger partial charge in [0.1, 0.15) is 5.92 Å². The van der Waals surface area contributed by atoms with Gasteiger partial charge in [0, 0.05) is 22.0 Å². The van der Waals surface area contributed by atoms with E-state index in [0.717, 1.165) is 17.7 Å². The average molecular weight is 508 g/mol. The molecule has 180 valence electrons. The molecule has 0 spiro atoms. The first kappa shape index (κ1) is 23.5. The summed E-state index contributed by atoms with van der Waals surface area (Å²) in [5.74, 6) is 0.364. The van der Waals surface area contributed by atoms with Crippen LogP contribution >= 0.6 is 23.8 Å². The number of para-hydroxylation sites is 1. The van der Waals surface area contributed by atoms with Crippen LogP contribution in [0.1, 0.15) is 31.0 Å². The number of thiocarbonyl (C=S) groups is 1. The van der Waals surface area contributed by atoms with Gasteiger partial charge in [-0.15, -0.1) is 0 Å². The number of carbonyl (C=O) groups excluding carboxylic acids is 1. The first-order valence-electron chi connectivity index (χ1n) is 11.5. The third-order valence-corrected chi connectivity index (χ3v) is 7.26. The van der Waals surface area contributed by atoms with Crippen LogP contribution < -0.4 is 25.0 Å². The van der Waals surface area contributed by atoms with Crippen molar-refractivity contribution >= 4 is 46.2 Å². The molecule has 2 aliphatic heterocycles. The van der Waals surface area contributed by atoms with Gasteiger partial charge in [0.2, 0.25) is 5.91 Å². The van der Waals surface area contributed by atoms with Gasteiger partial charge in [-0.1, -0.05) is 42.8 Å². The Morgan fingerprint density at radius 1 is 1.17 bits per heavy atom. The number of nitrogens with one attached hydrogen (secondary N) is 2. The molecule has 1 saturated heterocycles. The smallest absolute Gasteiger partial charge is 0.236 e. The molecule has 1 fully saturated rings. The van der Waals surface area contributed by atoms with Crippen LogP contribution in [0.25, 0.3) is 0 Å². The molecule has 0 aromatic heterocycles. The van der Waals surface area contributed by atoms with Gasteiger partial charge in [0.25, 0.3) is 0 Å². The fraction of sp³-hybridized carbons (Fsp3) is 0.259. The number of ether oxygens (including phenoxy) is 2. The Kier molecular flexibility index (Phi) is 6.07. The van der Waals surface area contributed by atoms with Crippen LogP contribution in [0.4, 0.5) is 11.4 Å². The summed E-state index contributed by atoms with van der Waals surface area (Å²) in [6.07, 6.45) is 0.926. The summed E-state index contributed by atoms with van der Waals surface area (Å²) in [6.45, 7) is 4.01. The lowest BCUT2D eigenvalue weighted by molar-refractivity contribution is -0.130. The highest BCUT2D eigenvalue weighted by Crippen LogP contribution is 2.52. The number of aryl methyl sites for hydroxylation is 1. The lowest BCUT2D eigenvalue weighted by atomic mass is 9.78. The summed E-state index contributed by atoms with van der Waals surface area (Å²) >= 11 is 11.9. The van der Waals surface area contributed by atoms with Gasteiger partial charge in [-0.3, -0.25) is 9.69 Å². The molecule has 2 heterocycles. The van der Waals surface area contributed by atoms with Crippen molar-refractivity contribution in [2.45, 2.75) is 32.0 Å². The number of amides is 1. The lowest BCUT2D eigenvalue weighted by Gasteiger charge is -2.56. The number of carbonyl (C=O) groups is 1. The topological polar surface area (TPSA) is 62.8 Å². The summed E-state index contributed by atoms with van der Waals surface area (Å²) in [6, 6.07) is 20.4. The summed E-state index contributed by atoms with van der Waals surface area (Å²) in [5.41, 5.74) is 2.39. The Morgan fingerprint density at radius 2 is 1.89 bits per heavy atom. The Labute approximate surface area is 215 Å². The van der Waals surface area contributed by atoms with E-state index in [4.69, 9.17) is 33.3 Å². The van der Waals surface area contributed by atoms with Crippen LogP contribution in [0.2, 0.25) is 5.02 Å². The second-order valence-corrected chi connectivity index (χ2v) is 9.61. The average Bonchev–Trinajstić information content (AvgIpc) is 2.85. The SMILES string of the molecule is CCc1ccc(N2C(=S)N[C@H]3c4cccc(OC)c4O[C@@]2(C)[C@H]3C(=O)Nc2ccc(Cl)cc2)cc1. The molecule has 3 aromatic rings. The predicted molar refractivity (Wildman–Crippen MR) is 142 cm³/mol. The van der Waals surface area contributed by atoms with Gasteiger partial charge in [-0.05, 0) is 73.6 Å². The first-order valence-corrected chi connectivity index (χ1v) is 12.3. The van der Waals surface area contributed by atoms with Gasteiger partial charge < -0.3 is 20.1 Å². The molecule has 2 aliphatic rings. The Hall–Kier alpha value is -3.29. The van der Waals surface area contributed by atoms with E-state index >= 15 is 0 Å². The molecule has 3 aromatic carbocycles. The zero-order chi connectivity index (χ0) is 24.7. The van der Waals surface area contributed by atoms with Crippen LogP contribution in [-0.4, -0.2) is 23.9 Å². The number of fused-ring (bicyclic) bond motifs is 4. The van der Waals surface area contributed by atoms with E-state index < -0.39 is 17.7 Å². The molecule has 3 atom stereocenters. The Balaban J connectivity index is 1.62. The highest BCUT2D eigenvalue weighted by Gasteiger charge is 2.59. The zero-order valence-corrected chi connectivity index (χ0v) is 21.2. The van der Waals surface area contributed by atoms with Crippen molar-refractivity contribution < 1.29 is 14.3 Å². The maximum absolute atomic E-state index is 13.9. The van der Waals surface area contributed by atoms with Gasteiger partial charge in [-0.2, -0.15) is 0 Å². The fourth-order valence-corrected chi connectivity index (χ4v) is 5.49. The normalized spacial score (nSPS) is 22.5. The van der Waals surface area contributed by atoms with Crippen molar-refractivity contribution in [3.8, 4) is 11.5 Å². The van der Waals surface area contributed by atoms with Gasteiger partial charge in [0.05, 0.1) is 13.2 Å². The standard InChI is InChI=1S/C27H26ClN3O3S/c1-4-16-8-14-19(15-9-16)31-26(35)30-23-20-6-5-7-21(33-3)24(20)34-27(31,2)22(23)25(32)29-18-12-10-17(28)11-13-18/h5-15,22-23H,4H2,1-3H3,(H,29,32)(H,30,35)/t22-,23+,27+/m1/s1. The summed E-state index contributed by atoms with van der Waals surface area (Å²) in [7, 11) is 1.61. The van der Waals surface area contributed by atoms with Crippen LogP contribution in [0.5, 0.6) is 11.5 Å². The number of halogens is 1. The molecule has 1 amide bonds. The third-order valence-electron chi connectivity index (χ3n) is 6.71. The zero-order valence-electron chi connectivity index (χ0n) is 19.7. The van der Waals surface area contributed by atoms with E-state index in [1.54, 1.807) is 31.4 Å². The number of benzene rings is 3. The summed E-state index contributed by atoms with van der Waals surface area (Å²) in [5, 5.41) is 7.55. The second kappa shape index (κ2) is 9.06. The Bertz CT molecular complexity index is 1280. The number of nitrogens with zero attached hydrogens (tertiary/aromatic N) is 1. The minimum Gasteiger partial charge on any atom is -0.493 e. The number of methoxy groups -OCH3 is 1. The number of rotatable bonds is 5. The van der Waals surface area contributed by atoms with Gasteiger partial charge in [-0.25, -0.2) is 0 Å². The molecule has 2 N–H and O–H groups in total. The largest absolute Gasteiger partial charge is 0.493 e. The van der Waals surface area contributed by atoms with Crippen molar-refractivity contribution in [2.24, 2.45) is 5.92 Å². The quantitative estimate of drug-likeness (QED) is 0.431. The second-order valence-electron chi connectivity index (χ2n) is 8.79. The fourth-order valence-electron chi connectivity index (χ4n) is 4.95. The highest BCUT2D eigenvalue weighted by molar-refractivity contribution is 7.80. The third kappa shape index (κ3) is 3.98. The maximum Gasteiger partial charge on any atom is 0.236 e. The van der Waals surface area contributed by atoms with E-state index in [9.17, 15) is 4.79 Å². The number of hydrogen-bond acceptors (Lipinski definition) is 4. The molecule has 0 radical (unpaired) electrons. The number of anilines is 2. The van der Waals surface area contributed by atoms with Crippen molar-refractivity contribution in [1.29, 1.82) is 0 Å². The van der Waals surface area contributed by atoms with E-state index in [1.807, 2.05) is 42.2 Å². The summed E-state index contributed by atoms with van der Waals surface area (Å²) < 4.78 is 12.3. The number of hydrogen-bond donors (Lipinski definition) is 2. The van der Waals surface area contributed by atoms with Crippen LogP contribution in [0.15, 0.2) is 66.7 Å². The molecule has 0 unspecified atom stereocenters. The summed E-state index contributed by atoms with van der Waals surface area (Å²) in [4.78, 5) is 15.7. The maximum atomic E-state index is 13.9. The van der Waals surface area contributed by atoms with Crippen LogP contribution in [0, 0.1) is 5.92 Å². The van der Waals surface area contributed by atoms with E-state index in [0.29, 0.717) is 27.3 Å². The van der Waals surface area contributed by atoms with Crippen molar-refractivity contribution in [3.05, 3.63) is 82.9 Å². The van der Waals surface area contributed by atoms with E-state index in [1.165, 1.54) is 5.56 Å². The molecular weight excluding hydrogens is 482 g/mol. The van der Waals surface area contributed by atoms with E-state index in [-0.39, 0.29) is 5.91 Å². The molecule has 0 saturated carbocycles. The monoisotopic (exact) mass is 507 g/mol. The van der Waals surface area contributed by atoms with Crippen molar-refractivity contribution in [3.63, 3.8) is 0 Å². The van der Waals surface area contributed by atoms with Crippen LogP contribution in [-0.2, 0) is 11.2 Å². The molecule has 0 aliphatic carbocycles. The van der Waals surface area contributed by atoms with E-state index in [2.05, 4.69) is 29.7 Å². The van der Waals surface area contributed by atoms with Crippen molar-refractivity contribution in [1.82, 2.24) is 5.32 Å². The van der Waals surface area contributed by atoms with Gasteiger partial charge >= 0.3 is 0 Å². The first-order chi connectivity index (χ1) is 16.9. The van der Waals surface area contributed by atoms with Crippen molar-refractivity contribution in [2.75, 3.05) is 17.3 Å². The molecule has 5 rings (SSSR count).